The summed E-state index contributed by atoms with van der Waals surface area (Å²) >= 11 is 1.70. The van der Waals surface area contributed by atoms with Gasteiger partial charge in [-0.15, -0.1) is 11.8 Å². The van der Waals surface area contributed by atoms with E-state index in [0.717, 1.165) is 31.6 Å². The van der Waals surface area contributed by atoms with Crippen molar-refractivity contribution >= 4 is 17.7 Å². The Morgan fingerprint density at radius 1 is 1.33 bits per heavy atom. The van der Waals surface area contributed by atoms with E-state index in [0.29, 0.717) is 12.0 Å². The molecule has 0 unspecified atom stereocenters. The van der Waals surface area contributed by atoms with Gasteiger partial charge in [-0.05, 0) is 42.9 Å². The summed E-state index contributed by atoms with van der Waals surface area (Å²) in [6, 6.07) is 8.36. The van der Waals surface area contributed by atoms with Crippen molar-refractivity contribution in [3.05, 3.63) is 29.8 Å². The smallest absolute Gasteiger partial charge is 0.254 e. The van der Waals surface area contributed by atoms with Crippen LogP contribution in [0.4, 0.5) is 0 Å². The van der Waals surface area contributed by atoms with E-state index in [1.54, 1.807) is 11.8 Å². The SMILES string of the molecule is CSc1ccc(C(=O)N2CC[C@H]3CNC[C@H]32)cc1. The first-order chi connectivity index (χ1) is 8.79. The molecule has 2 atom stereocenters. The average molecular weight is 262 g/mol. The van der Waals surface area contributed by atoms with Crippen LogP contribution in [-0.2, 0) is 0 Å². The second kappa shape index (κ2) is 4.94. The van der Waals surface area contributed by atoms with Gasteiger partial charge in [-0.25, -0.2) is 0 Å². The molecular weight excluding hydrogens is 244 g/mol. The number of rotatable bonds is 2. The third-order valence-electron chi connectivity index (χ3n) is 4.04. The van der Waals surface area contributed by atoms with Crippen LogP contribution in [0.5, 0.6) is 0 Å². The number of fused-ring (bicyclic) bond motifs is 1. The van der Waals surface area contributed by atoms with E-state index in [9.17, 15) is 4.79 Å². The van der Waals surface area contributed by atoms with Crippen LogP contribution in [-0.4, -0.2) is 42.7 Å². The van der Waals surface area contributed by atoms with Gasteiger partial charge >= 0.3 is 0 Å². The van der Waals surface area contributed by atoms with E-state index in [4.69, 9.17) is 0 Å². The maximum Gasteiger partial charge on any atom is 0.254 e. The Morgan fingerprint density at radius 2 is 2.11 bits per heavy atom. The predicted octanol–water partition coefficient (Wildman–Crippen LogP) is 1.84. The summed E-state index contributed by atoms with van der Waals surface area (Å²) < 4.78 is 0. The molecule has 2 aliphatic rings. The van der Waals surface area contributed by atoms with E-state index < -0.39 is 0 Å². The number of nitrogens with one attached hydrogen (secondary N) is 1. The molecule has 96 valence electrons. The summed E-state index contributed by atoms with van der Waals surface area (Å²) in [7, 11) is 0. The van der Waals surface area contributed by atoms with E-state index >= 15 is 0 Å². The van der Waals surface area contributed by atoms with Gasteiger partial charge in [-0.1, -0.05) is 0 Å². The fraction of sp³-hybridized carbons (Fsp3) is 0.500. The van der Waals surface area contributed by atoms with Crippen LogP contribution in [0.25, 0.3) is 0 Å². The first-order valence-electron chi connectivity index (χ1n) is 6.45. The molecule has 0 aromatic heterocycles. The first-order valence-corrected chi connectivity index (χ1v) is 7.68. The summed E-state index contributed by atoms with van der Waals surface area (Å²) in [6.45, 7) is 2.94. The van der Waals surface area contributed by atoms with Crippen molar-refractivity contribution in [2.75, 3.05) is 25.9 Å². The fourth-order valence-electron chi connectivity index (χ4n) is 3.00. The normalized spacial score (nSPS) is 26.4. The van der Waals surface area contributed by atoms with E-state index in [1.807, 2.05) is 30.5 Å². The summed E-state index contributed by atoms with van der Waals surface area (Å²) in [6.07, 6.45) is 3.19. The number of amides is 1. The van der Waals surface area contributed by atoms with Crippen molar-refractivity contribution < 1.29 is 4.79 Å². The maximum atomic E-state index is 12.5. The molecule has 2 aliphatic heterocycles. The third-order valence-corrected chi connectivity index (χ3v) is 4.79. The van der Waals surface area contributed by atoms with Gasteiger partial charge in [0, 0.05) is 36.1 Å². The lowest BCUT2D eigenvalue weighted by atomic mass is 10.0. The Bertz CT molecular complexity index is 446. The van der Waals surface area contributed by atoms with Crippen molar-refractivity contribution in [3.8, 4) is 0 Å². The lowest BCUT2D eigenvalue weighted by molar-refractivity contribution is 0.0737. The number of nitrogens with zero attached hydrogens (tertiary/aromatic N) is 1. The van der Waals surface area contributed by atoms with Gasteiger partial charge in [0.1, 0.15) is 0 Å². The molecule has 1 N–H and O–H groups in total. The van der Waals surface area contributed by atoms with Crippen LogP contribution in [0.2, 0.25) is 0 Å². The van der Waals surface area contributed by atoms with E-state index in [1.165, 1.54) is 4.90 Å². The van der Waals surface area contributed by atoms with Crippen LogP contribution in [0, 0.1) is 5.92 Å². The number of carbonyl (C=O) groups is 1. The Kier molecular flexibility index (Phi) is 3.31. The number of hydrogen-bond acceptors (Lipinski definition) is 3. The molecule has 0 saturated carbocycles. The van der Waals surface area contributed by atoms with Gasteiger partial charge in [0.15, 0.2) is 0 Å². The lowest BCUT2D eigenvalue weighted by Gasteiger charge is -2.23. The molecule has 2 fully saturated rings. The molecule has 0 aliphatic carbocycles. The molecule has 2 heterocycles. The highest BCUT2D eigenvalue weighted by Crippen LogP contribution is 2.28. The number of hydrogen-bond donors (Lipinski definition) is 1. The molecule has 0 radical (unpaired) electrons. The zero-order valence-corrected chi connectivity index (χ0v) is 11.4. The van der Waals surface area contributed by atoms with Gasteiger partial charge in [-0.2, -0.15) is 0 Å². The quantitative estimate of drug-likeness (QED) is 0.826. The largest absolute Gasteiger partial charge is 0.334 e. The van der Waals surface area contributed by atoms with Crippen molar-refractivity contribution in [2.24, 2.45) is 5.92 Å². The highest BCUT2D eigenvalue weighted by Gasteiger charge is 2.39. The van der Waals surface area contributed by atoms with Crippen LogP contribution >= 0.6 is 11.8 Å². The molecule has 1 aromatic rings. The number of thioether (sulfide) groups is 1. The van der Waals surface area contributed by atoms with Crippen molar-refractivity contribution in [1.29, 1.82) is 0 Å². The van der Waals surface area contributed by atoms with Gasteiger partial charge in [0.25, 0.3) is 5.91 Å². The minimum Gasteiger partial charge on any atom is -0.334 e. The first kappa shape index (κ1) is 12.1. The van der Waals surface area contributed by atoms with E-state index in [-0.39, 0.29) is 5.91 Å². The minimum absolute atomic E-state index is 0.193. The molecular formula is C14H18N2OS. The van der Waals surface area contributed by atoms with Gasteiger partial charge in [-0.3, -0.25) is 4.79 Å². The van der Waals surface area contributed by atoms with Crippen molar-refractivity contribution in [1.82, 2.24) is 10.2 Å². The monoisotopic (exact) mass is 262 g/mol. The Morgan fingerprint density at radius 3 is 2.83 bits per heavy atom. The maximum absolute atomic E-state index is 12.5. The minimum atomic E-state index is 0.193. The summed E-state index contributed by atoms with van der Waals surface area (Å²) in [5, 5.41) is 3.38. The molecule has 4 heteroatoms. The fourth-order valence-corrected chi connectivity index (χ4v) is 3.41. The highest BCUT2D eigenvalue weighted by atomic mass is 32.2. The molecule has 3 nitrogen and oxygen atoms in total. The Labute approximate surface area is 112 Å². The van der Waals surface area contributed by atoms with Crippen molar-refractivity contribution in [2.45, 2.75) is 17.4 Å². The van der Waals surface area contributed by atoms with Crippen LogP contribution in [0.3, 0.4) is 0 Å². The molecule has 18 heavy (non-hydrogen) atoms. The van der Waals surface area contributed by atoms with Crippen molar-refractivity contribution in [3.63, 3.8) is 0 Å². The molecule has 3 rings (SSSR count). The van der Waals surface area contributed by atoms with E-state index in [2.05, 4.69) is 10.2 Å². The molecule has 0 spiro atoms. The third kappa shape index (κ3) is 2.04. The summed E-state index contributed by atoms with van der Waals surface area (Å²) in [5.41, 5.74) is 0.820. The van der Waals surface area contributed by atoms with Gasteiger partial charge in [0.2, 0.25) is 0 Å². The van der Waals surface area contributed by atoms with Gasteiger partial charge in [0.05, 0.1) is 0 Å². The molecule has 0 bridgehead atoms. The number of likely N-dealkylation sites (tertiary alicyclic amines) is 1. The number of carbonyl (C=O) groups excluding carboxylic acids is 1. The second-order valence-corrected chi connectivity index (χ2v) is 5.88. The zero-order valence-electron chi connectivity index (χ0n) is 10.6. The van der Waals surface area contributed by atoms with Crippen LogP contribution < -0.4 is 5.32 Å². The average Bonchev–Trinajstić information content (AvgIpc) is 3.00. The van der Waals surface area contributed by atoms with Crippen LogP contribution in [0.1, 0.15) is 16.8 Å². The predicted molar refractivity (Wildman–Crippen MR) is 74.0 cm³/mol. The standard InChI is InChI=1S/C14H18N2OS/c1-18-12-4-2-10(3-5-12)14(17)16-7-6-11-8-15-9-13(11)16/h2-5,11,13,15H,6-9H2,1H3/t11-,13+/m0/s1. The Hall–Kier alpha value is -1.00. The molecule has 1 aromatic carbocycles. The highest BCUT2D eigenvalue weighted by molar-refractivity contribution is 7.98. The Balaban J connectivity index is 1.77. The molecule has 2 saturated heterocycles. The zero-order chi connectivity index (χ0) is 12.5. The topological polar surface area (TPSA) is 32.3 Å². The number of benzene rings is 1. The van der Waals surface area contributed by atoms with Crippen LogP contribution in [0.15, 0.2) is 29.2 Å². The lowest BCUT2D eigenvalue weighted by Crippen LogP contribution is -2.39. The summed E-state index contributed by atoms with van der Waals surface area (Å²) in [5.74, 6) is 0.860. The molecule has 1 amide bonds. The second-order valence-electron chi connectivity index (χ2n) is 5.00. The summed E-state index contributed by atoms with van der Waals surface area (Å²) in [4.78, 5) is 15.7. The van der Waals surface area contributed by atoms with Gasteiger partial charge < -0.3 is 10.2 Å².